The molecule has 0 saturated heterocycles. The van der Waals surface area contributed by atoms with Crippen LogP contribution < -0.4 is 0 Å². The Bertz CT molecular complexity index is 3190. The van der Waals surface area contributed by atoms with E-state index in [1.807, 2.05) is 22.7 Å². The van der Waals surface area contributed by atoms with Crippen molar-refractivity contribution in [1.82, 2.24) is 0 Å². The molecule has 0 spiro atoms. The highest BCUT2D eigenvalue weighted by Crippen LogP contribution is 2.46. The molecule has 250 valence electrons. The highest BCUT2D eigenvalue weighted by Gasteiger charge is 2.18. The summed E-state index contributed by atoms with van der Waals surface area (Å²) in [6.45, 7) is 0. The zero-order valence-corrected chi connectivity index (χ0v) is 30.8. The maximum absolute atomic E-state index is 2.44. The number of benzene rings is 10. The molecule has 0 bridgehead atoms. The Hall–Kier alpha value is -6.32. The van der Waals surface area contributed by atoms with Gasteiger partial charge in [-0.1, -0.05) is 164 Å². The molecular weight excluding hydrogens is 689 g/mol. The topological polar surface area (TPSA) is 0 Å². The van der Waals surface area contributed by atoms with Gasteiger partial charge in [0, 0.05) is 40.3 Å². The molecule has 2 heteroatoms. The number of fused-ring (bicyclic) bond motifs is 6. The summed E-state index contributed by atoms with van der Waals surface area (Å²) in [6.07, 6.45) is 0. The zero-order valence-electron chi connectivity index (χ0n) is 29.1. The minimum absolute atomic E-state index is 1.23. The first kappa shape index (κ1) is 30.2. The third-order valence-corrected chi connectivity index (χ3v) is 13.9. The summed E-state index contributed by atoms with van der Waals surface area (Å²) >= 11 is 3.78. The second-order valence-corrected chi connectivity index (χ2v) is 16.5. The average molecular weight is 719 g/mol. The Morgan fingerprint density at radius 1 is 0.259 bits per heavy atom. The van der Waals surface area contributed by atoms with E-state index in [0.29, 0.717) is 0 Å². The predicted octanol–water partition coefficient (Wildman–Crippen LogP) is 16.0. The molecule has 12 rings (SSSR count). The van der Waals surface area contributed by atoms with Crippen LogP contribution in [0.5, 0.6) is 0 Å². The van der Waals surface area contributed by atoms with E-state index in [1.54, 1.807) is 0 Å². The largest absolute Gasteiger partial charge is 0.135 e. The first-order valence-electron chi connectivity index (χ1n) is 18.5. The average Bonchev–Trinajstić information content (AvgIpc) is 3.82. The Balaban J connectivity index is 1.02. The van der Waals surface area contributed by atoms with Crippen molar-refractivity contribution < 1.29 is 0 Å². The van der Waals surface area contributed by atoms with Gasteiger partial charge in [-0.3, -0.25) is 0 Å². The summed E-state index contributed by atoms with van der Waals surface area (Å²) in [5.41, 5.74) is 10.1. The zero-order chi connectivity index (χ0) is 35.3. The third kappa shape index (κ3) is 4.42. The predicted molar refractivity (Wildman–Crippen MR) is 238 cm³/mol. The molecule has 0 aliphatic carbocycles. The molecule has 54 heavy (non-hydrogen) atoms. The van der Waals surface area contributed by atoms with Crippen molar-refractivity contribution in [3.63, 3.8) is 0 Å². The van der Waals surface area contributed by atoms with Crippen LogP contribution in [0.25, 0.3) is 117 Å². The van der Waals surface area contributed by atoms with E-state index in [0.717, 1.165) is 0 Å². The van der Waals surface area contributed by atoms with Crippen LogP contribution >= 0.6 is 22.7 Å². The molecule has 0 nitrogen and oxygen atoms in total. The molecule has 0 saturated carbocycles. The standard InChI is InChI=1S/C52H30S2/c1-3-16-47-39(10-1)43-14-6-12-37(51(43)53-47)31-18-22-33(23-19-31)45-30-46(42-29-27-36-9-5-8-35-26-28-41(45)50(42)49(35)36)34-24-20-32(21-25-34)38-13-7-15-44-40-11-2-4-17-48(40)54-52(38)44/h1-30H. The fourth-order valence-electron chi connectivity index (χ4n) is 8.92. The van der Waals surface area contributed by atoms with Crippen LogP contribution in [0.2, 0.25) is 0 Å². The first-order valence-corrected chi connectivity index (χ1v) is 20.1. The van der Waals surface area contributed by atoms with Crippen LogP contribution in [0.4, 0.5) is 0 Å². The van der Waals surface area contributed by atoms with Crippen molar-refractivity contribution in [2.75, 3.05) is 0 Å². The fourth-order valence-corrected chi connectivity index (χ4v) is 11.4. The summed E-state index contributed by atoms with van der Waals surface area (Å²) in [4.78, 5) is 0. The van der Waals surface area contributed by atoms with Crippen LogP contribution in [0.3, 0.4) is 0 Å². The van der Waals surface area contributed by atoms with Gasteiger partial charge in [0.1, 0.15) is 0 Å². The van der Waals surface area contributed by atoms with Crippen LogP contribution in [0, 0.1) is 0 Å². The van der Waals surface area contributed by atoms with Gasteiger partial charge in [-0.2, -0.15) is 0 Å². The molecule has 10 aromatic carbocycles. The van der Waals surface area contributed by atoms with Crippen LogP contribution in [-0.4, -0.2) is 0 Å². The van der Waals surface area contributed by atoms with E-state index < -0.39 is 0 Å². The normalized spacial score (nSPS) is 12.1. The minimum Gasteiger partial charge on any atom is -0.135 e. The van der Waals surface area contributed by atoms with Crippen molar-refractivity contribution in [3.05, 3.63) is 182 Å². The monoisotopic (exact) mass is 718 g/mol. The van der Waals surface area contributed by atoms with Gasteiger partial charge >= 0.3 is 0 Å². The smallest absolute Gasteiger partial charge is 0.0433 e. The van der Waals surface area contributed by atoms with Gasteiger partial charge in [0.25, 0.3) is 0 Å². The molecule has 0 amide bonds. The van der Waals surface area contributed by atoms with Crippen molar-refractivity contribution >= 4 is 95.3 Å². The summed E-state index contributed by atoms with van der Waals surface area (Å²) in [5.74, 6) is 0. The van der Waals surface area contributed by atoms with E-state index in [4.69, 9.17) is 0 Å². The number of hydrogen-bond acceptors (Lipinski definition) is 2. The Morgan fingerprint density at radius 3 is 1.15 bits per heavy atom. The van der Waals surface area contributed by atoms with Gasteiger partial charge in [-0.15, -0.1) is 22.7 Å². The summed E-state index contributed by atoms with van der Waals surface area (Å²) < 4.78 is 5.37. The molecule has 12 aromatic rings. The lowest BCUT2D eigenvalue weighted by molar-refractivity contribution is 1.62. The van der Waals surface area contributed by atoms with Crippen molar-refractivity contribution in [2.24, 2.45) is 0 Å². The summed E-state index contributed by atoms with van der Waals surface area (Å²) in [6, 6.07) is 67.9. The number of hydrogen-bond donors (Lipinski definition) is 0. The molecule has 0 fully saturated rings. The lowest BCUT2D eigenvalue weighted by atomic mass is 9.85. The third-order valence-electron chi connectivity index (χ3n) is 11.5. The molecule has 0 atom stereocenters. The van der Waals surface area contributed by atoms with E-state index in [-0.39, 0.29) is 0 Å². The molecule has 2 heterocycles. The minimum atomic E-state index is 1.23. The van der Waals surface area contributed by atoms with E-state index in [2.05, 4.69) is 182 Å². The maximum atomic E-state index is 2.44. The highest BCUT2D eigenvalue weighted by atomic mass is 32.1. The molecule has 0 aliphatic heterocycles. The number of thiophene rings is 2. The quantitative estimate of drug-likeness (QED) is 0.159. The molecule has 2 aromatic heterocycles. The fraction of sp³-hybridized carbons (Fsp3) is 0. The van der Waals surface area contributed by atoms with Crippen molar-refractivity contribution in [2.45, 2.75) is 0 Å². The highest BCUT2D eigenvalue weighted by molar-refractivity contribution is 7.26. The van der Waals surface area contributed by atoms with Gasteiger partial charge in [-0.25, -0.2) is 0 Å². The first-order chi connectivity index (χ1) is 26.8. The van der Waals surface area contributed by atoms with Crippen molar-refractivity contribution in [3.8, 4) is 44.5 Å². The lowest BCUT2D eigenvalue weighted by Gasteiger charge is -2.18. The SMILES string of the molecule is c1cc2ccc3c(-c4ccc(-c5cccc6c5sc5ccccc56)cc4)cc(-c4ccc(-c5cccc6c5sc5ccccc56)cc4)c4ccc(c1)c2c34. The number of rotatable bonds is 4. The molecule has 0 unspecified atom stereocenters. The molecule has 0 radical (unpaired) electrons. The van der Waals surface area contributed by atoms with Gasteiger partial charge < -0.3 is 0 Å². The molecule has 0 N–H and O–H groups in total. The van der Waals surface area contributed by atoms with Crippen LogP contribution in [-0.2, 0) is 0 Å². The van der Waals surface area contributed by atoms with Gasteiger partial charge in [-0.05, 0) is 95.0 Å². The van der Waals surface area contributed by atoms with Gasteiger partial charge in [0.05, 0.1) is 0 Å². The second-order valence-electron chi connectivity index (χ2n) is 14.4. The van der Waals surface area contributed by atoms with Gasteiger partial charge in [0.2, 0.25) is 0 Å². The van der Waals surface area contributed by atoms with Crippen molar-refractivity contribution in [1.29, 1.82) is 0 Å². The Labute approximate surface area is 320 Å². The van der Waals surface area contributed by atoms with Gasteiger partial charge in [0.15, 0.2) is 0 Å². The lowest BCUT2D eigenvalue weighted by Crippen LogP contribution is -1.91. The van der Waals surface area contributed by atoms with E-state index in [9.17, 15) is 0 Å². The Kier molecular flexibility index (Phi) is 6.48. The van der Waals surface area contributed by atoms with E-state index in [1.165, 1.54) is 117 Å². The summed E-state index contributed by atoms with van der Waals surface area (Å²) in [5, 5.41) is 13.2. The molecular formula is C52H30S2. The van der Waals surface area contributed by atoms with Crippen LogP contribution in [0.1, 0.15) is 0 Å². The van der Waals surface area contributed by atoms with E-state index >= 15 is 0 Å². The van der Waals surface area contributed by atoms with Crippen LogP contribution in [0.15, 0.2) is 182 Å². The molecule has 0 aliphatic rings. The maximum Gasteiger partial charge on any atom is 0.0433 e. The second kappa shape index (κ2) is 11.6. The summed E-state index contributed by atoms with van der Waals surface area (Å²) in [7, 11) is 0. The Morgan fingerprint density at radius 2 is 0.667 bits per heavy atom.